The minimum Gasteiger partial charge on any atom is -0.454 e. The average Bonchev–Trinajstić information content (AvgIpc) is 3.55. The van der Waals surface area contributed by atoms with Crippen LogP contribution in [0.15, 0.2) is 53.1 Å². The Balaban J connectivity index is 1.63. The SMILES string of the molecule is COC(=O)O[C@H]1C(=O)[C@@]2(C)C([C@H](OC(=O)c3ccccc3)[C@]34OC(=O)O[C@H]3[C@H](OC(=O)[C@H](O)[C@H](C=C(C)C)NC(=O)OC(C)(C)C)C(C)=C1C4(C)C)[C@]1(OC(C)=O)CO[C@@H]1C[C@@H]2O. The topological polar surface area (TPSA) is 255 Å². The molecule has 3 aliphatic carbocycles. The Labute approximate surface area is 363 Å². The third-order valence-electron chi connectivity index (χ3n) is 12.8. The third-order valence-corrected chi connectivity index (χ3v) is 12.8. The van der Waals surface area contributed by atoms with Crippen molar-refractivity contribution in [1.82, 2.24) is 5.32 Å². The van der Waals surface area contributed by atoms with Gasteiger partial charge in [0.25, 0.3) is 0 Å². The molecule has 2 aliphatic heterocycles. The fourth-order valence-electron chi connectivity index (χ4n) is 10.1. The standard InChI is InChI=1S/C44H55NO18/c1-20(2)17-24(45-37(52)62-40(5,6)7)28(48)36(51)57-29-21(3)27-30(58-38(53)55-11)32(49)42(10)25(47)18-26-43(19-56-26,61-22(4)46)31(42)34(59-35(50)23-15-13-12-14-16-23)44(41(27,8)9)33(29)60-39(54)63-44/h12-17,24-26,28-31,33-34,47-48H,18-19H2,1-11H3,(H,45,52)/t24-,25-,26+,28+,29+,30+,31?,33-,34-,42+,43-,44+/m0/s1. The Morgan fingerprint density at radius 3 is 2.19 bits per heavy atom. The van der Waals surface area contributed by atoms with E-state index in [4.69, 9.17) is 42.6 Å². The van der Waals surface area contributed by atoms with Crippen molar-refractivity contribution in [2.24, 2.45) is 16.7 Å². The fourth-order valence-corrected chi connectivity index (χ4v) is 10.1. The molecule has 1 spiro atoms. The van der Waals surface area contributed by atoms with E-state index in [2.05, 4.69) is 5.32 Å². The van der Waals surface area contributed by atoms with Gasteiger partial charge in [0.1, 0.15) is 11.7 Å². The number of aliphatic hydroxyl groups is 2. The summed E-state index contributed by atoms with van der Waals surface area (Å²) >= 11 is 0. The highest BCUT2D eigenvalue weighted by Crippen LogP contribution is 2.67. The second-order valence-electron chi connectivity index (χ2n) is 18.5. The van der Waals surface area contributed by atoms with Crippen LogP contribution in [0.25, 0.3) is 0 Å². The van der Waals surface area contributed by atoms with E-state index < -0.39 is 131 Å². The number of nitrogens with one attached hydrogen (secondary N) is 1. The molecule has 19 heteroatoms. The number of ether oxygens (including phenoxy) is 9. The van der Waals surface area contributed by atoms with Gasteiger partial charge < -0.3 is 58.2 Å². The Morgan fingerprint density at radius 1 is 0.984 bits per heavy atom. The molecule has 3 N–H and O–H groups in total. The number of carbonyl (C=O) groups is 7. The van der Waals surface area contributed by atoms with Gasteiger partial charge in [-0.25, -0.2) is 24.0 Å². The summed E-state index contributed by atoms with van der Waals surface area (Å²) in [7, 11) is 0.998. The number of hydrogen-bond donors (Lipinski definition) is 3. The molecule has 1 aromatic rings. The van der Waals surface area contributed by atoms with Crippen LogP contribution >= 0.6 is 0 Å². The molecule has 0 aromatic heterocycles. The van der Waals surface area contributed by atoms with Crippen molar-refractivity contribution < 1.29 is 86.4 Å². The molecule has 19 nitrogen and oxygen atoms in total. The highest BCUT2D eigenvalue weighted by atomic mass is 16.8. The summed E-state index contributed by atoms with van der Waals surface area (Å²) < 4.78 is 52.8. The lowest BCUT2D eigenvalue weighted by Gasteiger charge is -2.67. The lowest BCUT2D eigenvalue weighted by atomic mass is 9.44. The maximum atomic E-state index is 15.6. The molecule has 12 atom stereocenters. The van der Waals surface area contributed by atoms with Gasteiger partial charge in [0.15, 0.2) is 41.9 Å². The maximum Gasteiger partial charge on any atom is 0.509 e. The predicted octanol–water partition coefficient (Wildman–Crippen LogP) is 3.80. The number of methoxy groups -OCH3 is 1. The van der Waals surface area contributed by atoms with Gasteiger partial charge in [-0.1, -0.05) is 43.7 Å². The van der Waals surface area contributed by atoms with Crippen molar-refractivity contribution in [3.05, 3.63) is 58.7 Å². The molecular formula is C44H55NO18. The fraction of sp³-hybridized carbons (Fsp3) is 0.614. The molecule has 1 aromatic carbocycles. The summed E-state index contributed by atoms with van der Waals surface area (Å²) in [6.45, 7) is 14.6. The van der Waals surface area contributed by atoms with Crippen LogP contribution in [-0.2, 0) is 57.0 Å². The number of aliphatic hydroxyl groups excluding tert-OH is 2. The lowest BCUT2D eigenvalue weighted by Crippen LogP contribution is -2.83. The molecule has 2 heterocycles. The van der Waals surface area contributed by atoms with E-state index in [1.165, 1.54) is 45.9 Å². The Kier molecular flexibility index (Phi) is 12.3. The van der Waals surface area contributed by atoms with Crippen LogP contribution in [0.4, 0.5) is 14.4 Å². The number of carbonyl (C=O) groups excluding carboxylic acids is 7. The Hall–Kier alpha value is -5.53. The molecule has 63 heavy (non-hydrogen) atoms. The number of alkyl carbamates (subject to hydrolysis) is 1. The quantitative estimate of drug-likeness (QED) is 0.181. The van der Waals surface area contributed by atoms with Crippen molar-refractivity contribution in [1.29, 1.82) is 0 Å². The third kappa shape index (κ3) is 7.81. The van der Waals surface area contributed by atoms with Crippen LogP contribution in [0.5, 0.6) is 0 Å². The second kappa shape index (κ2) is 16.5. The number of allylic oxidation sites excluding steroid dienone is 1. The molecule has 2 saturated carbocycles. The maximum absolute atomic E-state index is 15.6. The second-order valence-corrected chi connectivity index (χ2v) is 18.5. The molecule has 4 fully saturated rings. The average molecular weight is 886 g/mol. The van der Waals surface area contributed by atoms with Crippen LogP contribution < -0.4 is 5.32 Å². The van der Waals surface area contributed by atoms with Crippen LogP contribution in [0.2, 0.25) is 0 Å². The number of fused-ring (bicyclic) bond motifs is 4. The molecule has 0 radical (unpaired) electrons. The van der Waals surface area contributed by atoms with Crippen LogP contribution in [0.3, 0.4) is 0 Å². The summed E-state index contributed by atoms with van der Waals surface area (Å²) in [6.07, 6.45) is -15.1. The van der Waals surface area contributed by atoms with E-state index >= 15 is 4.79 Å². The first-order chi connectivity index (χ1) is 29.3. The number of ketones is 1. The van der Waals surface area contributed by atoms with E-state index in [1.54, 1.807) is 52.8 Å². The molecule has 2 saturated heterocycles. The van der Waals surface area contributed by atoms with Gasteiger partial charge in [0, 0.05) is 18.8 Å². The number of amides is 1. The first-order valence-corrected chi connectivity index (χ1v) is 20.4. The summed E-state index contributed by atoms with van der Waals surface area (Å²) in [5.74, 6) is -5.87. The summed E-state index contributed by atoms with van der Waals surface area (Å²) in [6, 6.07) is 6.22. The zero-order valence-electron chi connectivity index (χ0n) is 37.0. The highest BCUT2D eigenvalue weighted by molar-refractivity contribution is 5.95. The monoisotopic (exact) mass is 885 g/mol. The van der Waals surface area contributed by atoms with Crippen molar-refractivity contribution in [3.63, 3.8) is 0 Å². The minimum atomic E-state index is -2.41. The number of benzene rings is 1. The van der Waals surface area contributed by atoms with E-state index in [0.717, 1.165) is 14.0 Å². The molecular weight excluding hydrogens is 830 g/mol. The van der Waals surface area contributed by atoms with E-state index in [0.29, 0.717) is 5.57 Å². The largest absolute Gasteiger partial charge is 0.509 e. The highest BCUT2D eigenvalue weighted by Gasteiger charge is 2.83. The number of hydrogen-bond acceptors (Lipinski definition) is 18. The van der Waals surface area contributed by atoms with Gasteiger partial charge in [-0.3, -0.25) is 9.59 Å². The van der Waals surface area contributed by atoms with Gasteiger partial charge in [-0.15, -0.1) is 0 Å². The van der Waals surface area contributed by atoms with Gasteiger partial charge in [0.2, 0.25) is 5.60 Å². The first kappa shape index (κ1) is 47.0. The van der Waals surface area contributed by atoms with Crippen molar-refractivity contribution in [2.75, 3.05) is 13.7 Å². The summed E-state index contributed by atoms with van der Waals surface area (Å²) in [5.41, 5.74) is -8.84. The van der Waals surface area contributed by atoms with E-state index in [1.807, 2.05) is 0 Å². The Morgan fingerprint density at radius 2 is 1.63 bits per heavy atom. The van der Waals surface area contributed by atoms with Crippen LogP contribution in [0.1, 0.15) is 86.0 Å². The molecule has 6 rings (SSSR count). The minimum absolute atomic E-state index is 0.00597. The van der Waals surface area contributed by atoms with Crippen molar-refractivity contribution >= 4 is 42.1 Å². The molecule has 5 aliphatic rings. The smallest absolute Gasteiger partial charge is 0.454 e. The normalized spacial score (nSPS) is 33.6. The van der Waals surface area contributed by atoms with Gasteiger partial charge in [0.05, 0.1) is 42.8 Å². The molecule has 2 bridgehead atoms. The van der Waals surface area contributed by atoms with Crippen molar-refractivity contribution in [3.8, 4) is 0 Å². The number of Topliss-reactive ketones (excluding diaryl/α,β-unsaturated/α-hetero) is 1. The Bertz CT molecular complexity index is 2120. The zero-order valence-corrected chi connectivity index (χ0v) is 37.0. The first-order valence-electron chi connectivity index (χ1n) is 20.4. The summed E-state index contributed by atoms with van der Waals surface area (Å²) in [4.78, 5) is 97.5. The predicted molar refractivity (Wildman–Crippen MR) is 213 cm³/mol. The molecule has 344 valence electrons. The van der Waals surface area contributed by atoms with Gasteiger partial charge >= 0.3 is 36.3 Å². The lowest BCUT2D eigenvalue weighted by molar-refractivity contribution is -0.345. The van der Waals surface area contributed by atoms with Gasteiger partial charge in [-0.2, -0.15) is 0 Å². The van der Waals surface area contributed by atoms with Crippen molar-refractivity contribution in [2.45, 2.75) is 141 Å². The molecule has 1 unspecified atom stereocenters. The molecule has 1 amide bonds. The number of rotatable bonds is 9. The van der Waals surface area contributed by atoms with Crippen LogP contribution in [-0.4, -0.2) is 132 Å². The van der Waals surface area contributed by atoms with E-state index in [9.17, 15) is 39.0 Å². The van der Waals surface area contributed by atoms with Crippen LogP contribution in [0, 0.1) is 16.7 Å². The number of esters is 3. The van der Waals surface area contributed by atoms with E-state index in [-0.39, 0.29) is 23.1 Å². The zero-order chi connectivity index (χ0) is 46.8. The van der Waals surface area contributed by atoms with Gasteiger partial charge in [-0.05, 0) is 71.7 Å². The summed E-state index contributed by atoms with van der Waals surface area (Å²) in [5, 5.41) is 26.2.